The number of aryl methyl sites for hydroxylation is 1. The molecule has 9 heteroatoms. The van der Waals surface area contributed by atoms with E-state index in [-0.39, 0.29) is 11.4 Å². The number of hydrogen-bond acceptors (Lipinski definition) is 5. The van der Waals surface area contributed by atoms with Gasteiger partial charge in [0.05, 0.1) is 35.1 Å². The lowest BCUT2D eigenvalue weighted by Gasteiger charge is -2.16. The summed E-state index contributed by atoms with van der Waals surface area (Å²) in [5.74, 6) is 0. The Morgan fingerprint density at radius 2 is 2.15 bits per heavy atom. The van der Waals surface area contributed by atoms with E-state index in [4.69, 9.17) is 0 Å². The molecule has 0 atom stereocenters. The Hall–Kier alpha value is -2.83. The van der Waals surface area contributed by atoms with E-state index in [0.29, 0.717) is 22.2 Å². The van der Waals surface area contributed by atoms with Crippen LogP contribution in [0.4, 0.5) is 5.69 Å². The molecule has 0 unspecified atom stereocenters. The minimum atomic E-state index is -3.87. The molecule has 0 spiro atoms. The third-order valence-corrected chi connectivity index (χ3v) is 5.20. The maximum absolute atomic E-state index is 12.7. The Labute approximate surface area is 151 Å². The monoisotopic (exact) mass is 373 g/mol. The average Bonchev–Trinajstić information content (AvgIpc) is 3.15. The summed E-state index contributed by atoms with van der Waals surface area (Å²) in [6.07, 6.45) is 4.15. The number of aliphatic hydroxyl groups is 1. The van der Waals surface area contributed by atoms with E-state index >= 15 is 0 Å². The number of nitrogens with one attached hydrogen (secondary N) is 2. The lowest BCUT2D eigenvalue weighted by molar-refractivity contribution is 0.0577. The highest BCUT2D eigenvalue weighted by molar-refractivity contribution is 7.92. The van der Waals surface area contributed by atoms with Crippen LogP contribution in [-0.2, 0) is 16.6 Å². The zero-order valence-electron chi connectivity index (χ0n) is 14.6. The molecule has 0 amide bonds. The Balaban J connectivity index is 1.96. The van der Waals surface area contributed by atoms with E-state index in [1.807, 2.05) is 6.92 Å². The number of anilines is 1. The summed E-state index contributed by atoms with van der Waals surface area (Å²) < 4.78 is 29.3. The standard InChI is InChI=1S/C17H19N5O3S/c1-11-4-5-14(16-15(11)12(6-18)7-19-16)21-26(24,25)13-8-20-22(9-13)10-17(2,3)23/h4-5,7-9,19,21,23H,10H2,1-3H3. The van der Waals surface area contributed by atoms with Crippen molar-refractivity contribution in [3.63, 3.8) is 0 Å². The van der Waals surface area contributed by atoms with E-state index < -0.39 is 15.6 Å². The van der Waals surface area contributed by atoms with Gasteiger partial charge in [-0.05, 0) is 32.4 Å². The number of sulfonamides is 1. The van der Waals surface area contributed by atoms with Crippen LogP contribution in [0.25, 0.3) is 10.9 Å². The van der Waals surface area contributed by atoms with Gasteiger partial charge in [0.15, 0.2) is 0 Å². The van der Waals surface area contributed by atoms with E-state index in [9.17, 15) is 18.8 Å². The van der Waals surface area contributed by atoms with Crippen molar-refractivity contribution in [2.45, 2.75) is 37.8 Å². The second kappa shape index (κ2) is 6.16. The first kappa shape index (κ1) is 18.0. The van der Waals surface area contributed by atoms with Gasteiger partial charge in [-0.1, -0.05) is 6.07 Å². The lowest BCUT2D eigenvalue weighted by atomic mass is 10.1. The van der Waals surface area contributed by atoms with E-state index in [0.717, 1.165) is 5.56 Å². The Morgan fingerprint density at radius 3 is 2.81 bits per heavy atom. The Kier molecular flexibility index (Phi) is 4.26. The van der Waals surface area contributed by atoms with Crippen LogP contribution in [0, 0.1) is 18.3 Å². The van der Waals surface area contributed by atoms with Gasteiger partial charge in [0.25, 0.3) is 10.0 Å². The summed E-state index contributed by atoms with van der Waals surface area (Å²) in [5.41, 5.74) is 1.22. The summed E-state index contributed by atoms with van der Waals surface area (Å²) >= 11 is 0. The number of fused-ring (bicyclic) bond motifs is 1. The highest BCUT2D eigenvalue weighted by Gasteiger charge is 2.21. The predicted molar refractivity (Wildman–Crippen MR) is 97.1 cm³/mol. The number of rotatable bonds is 5. The SMILES string of the molecule is Cc1ccc(NS(=O)(=O)c2cnn(CC(C)(C)O)c2)c2[nH]cc(C#N)c12. The van der Waals surface area contributed by atoms with Crippen LogP contribution in [0.5, 0.6) is 0 Å². The molecule has 3 rings (SSSR count). The van der Waals surface area contributed by atoms with Crippen LogP contribution < -0.4 is 4.72 Å². The molecule has 2 aromatic heterocycles. The zero-order chi connectivity index (χ0) is 19.1. The van der Waals surface area contributed by atoms with Crippen molar-refractivity contribution in [3.8, 4) is 6.07 Å². The van der Waals surface area contributed by atoms with Crippen molar-refractivity contribution in [1.29, 1.82) is 5.26 Å². The van der Waals surface area contributed by atoms with Crippen molar-refractivity contribution in [3.05, 3.63) is 41.9 Å². The molecule has 1 aromatic carbocycles. The highest BCUT2D eigenvalue weighted by atomic mass is 32.2. The Bertz CT molecular complexity index is 1110. The van der Waals surface area contributed by atoms with Crippen molar-refractivity contribution in [2.24, 2.45) is 0 Å². The van der Waals surface area contributed by atoms with Gasteiger partial charge in [0, 0.05) is 17.8 Å². The fourth-order valence-electron chi connectivity index (χ4n) is 2.76. The maximum atomic E-state index is 12.7. The van der Waals surface area contributed by atoms with Crippen molar-refractivity contribution >= 4 is 26.6 Å². The molecule has 8 nitrogen and oxygen atoms in total. The molecule has 2 heterocycles. The molecule has 0 aliphatic heterocycles. The maximum Gasteiger partial charge on any atom is 0.265 e. The average molecular weight is 373 g/mol. The number of nitrogens with zero attached hydrogens (tertiary/aromatic N) is 3. The molecule has 3 aromatic rings. The van der Waals surface area contributed by atoms with Gasteiger partial charge in [0.2, 0.25) is 0 Å². The van der Waals surface area contributed by atoms with Gasteiger partial charge >= 0.3 is 0 Å². The molecule has 0 aliphatic rings. The predicted octanol–water partition coefficient (Wildman–Crippen LogP) is 2.12. The summed E-state index contributed by atoms with van der Waals surface area (Å²) in [5, 5.41) is 23.7. The summed E-state index contributed by atoms with van der Waals surface area (Å²) in [7, 11) is -3.87. The van der Waals surface area contributed by atoms with Gasteiger partial charge in [-0.25, -0.2) is 8.42 Å². The third kappa shape index (κ3) is 3.42. The van der Waals surface area contributed by atoms with E-state index in [1.165, 1.54) is 17.1 Å². The molecule has 0 fully saturated rings. The quantitative estimate of drug-likeness (QED) is 0.632. The van der Waals surface area contributed by atoms with Crippen LogP contribution in [0.1, 0.15) is 25.0 Å². The number of aromatic nitrogens is 3. The lowest BCUT2D eigenvalue weighted by Crippen LogP contribution is -2.26. The molecule has 3 N–H and O–H groups in total. The van der Waals surface area contributed by atoms with Crippen LogP contribution in [-0.4, -0.2) is 33.9 Å². The smallest absolute Gasteiger partial charge is 0.265 e. The fourth-order valence-corrected chi connectivity index (χ4v) is 3.79. The third-order valence-electron chi connectivity index (χ3n) is 3.88. The first-order valence-corrected chi connectivity index (χ1v) is 9.37. The minimum absolute atomic E-state index is 0.0115. The summed E-state index contributed by atoms with van der Waals surface area (Å²) in [6, 6.07) is 5.50. The van der Waals surface area contributed by atoms with Gasteiger partial charge in [-0.2, -0.15) is 10.4 Å². The minimum Gasteiger partial charge on any atom is -0.389 e. The molecular weight excluding hydrogens is 354 g/mol. The molecular formula is C17H19N5O3S. The molecule has 0 bridgehead atoms. The normalized spacial score (nSPS) is 12.3. The van der Waals surface area contributed by atoms with E-state index in [1.54, 1.807) is 32.2 Å². The highest BCUT2D eigenvalue weighted by Crippen LogP contribution is 2.29. The number of hydrogen-bond donors (Lipinski definition) is 3. The second-order valence-electron chi connectivity index (χ2n) is 6.79. The molecule has 0 saturated heterocycles. The summed E-state index contributed by atoms with van der Waals surface area (Å²) in [6.45, 7) is 5.25. The van der Waals surface area contributed by atoms with Gasteiger partial charge in [-0.3, -0.25) is 9.40 Å². The molecule has 0 radical (unpaired) electrons. The fraction of sp³-hybridized carbons (Fsp3) is 0.294. The van der Waals surface area contributed by atoms with Gasteiger partial charge in [-0.15, -0.1) is 0 Å². The molecule has 0 saturated carbocycles. The first-order chi connectivity index (χ1) is 12.1. The first-order valence-electron chi connectivity index (χ1n) is 7.89. The number of benzene rings is 1. The van der Waals surface area contributed by atoms with Crippen LogP contribution in [0.15, 0.2) is 35.6 Å². The van der Waals surface area contributed by atoms with E-state index in [2.05, 4.69) is 20.9 Å². The topological polar surface area (TPSA) is 124 Å². The van der Waals surface area contributed by atoms with Crippen molar-refractivity contribution < 1.29 is 13.5 Å². The van der Waals surface area contributed by atoms with Crippen LogP contribution in [0.2, 0.25) is 0 Å². The van der Waals surface area contributed by atoms with Gasteiger partial charge < -0.3 is 10.1 Å². The summed E-state index contributed by atoms with van der Waals surface area (Å²) in [4.78, 5) is 2.94. The number of aromatic amines is 1. The molecule has 26 heavy (non-hydrogen) atoms. The van der Waals surface area contributed by atoms with Crippen molar-refractivity contribution in [2.75, 3.05) is 4.72 Å². The van der Waals surface area contributed by atoms with Crippen molar-refractivity contribution in [1.82, 2.24) is 14.8 Å². The molecule has 136 valence electrons. The number of H-pyrrole nitrogens is 1. The molecule has 0 aliphatic carbocycles. The Morgan fingerprint density at radius 1 is 1.42 bits per heavy atom. The number of nitriles is 1. The largest absolute Gasteiger partial charge is 0.389 e. The van der Waals surface area contributed by atoms with Crippen LogP contribution >= 0.6 is 0 Å². The van der Waals surface area contributed by atoms with Crippen LogP contribution in [0.3, 0.4) is 0 Å². The second-order valence-corrected chi connectivity index (χ2v) is 8.47. The van der Waals surface area contributed by atoms with Gasteiger partial charge in [0.1, 0.15) is 11.0 Å². The zero-order valence-corrected chi connectivity index (χ0v) is 15.4.